The molecule has 0 spiro atoms. The summed E-state index contributed by atoms with van der Waals surface area (Å²) in [5.41, 5.74) is 2.15. The van der Waals surface area contributed by atoms with Crippen molar-refractivity contribution in [1.82, 2.24) is 15.0 Å². The minimum Gasteiger partial charge on any atom is -0.361 e. The first-order chi connectivity index (χ1) is 8.08. The number of nitrogens with zero attached hydrogens (tertiary/aromatic N) is 3. The van der Waals surface area contributed by atoms with Crippen LogP contribution in [0.25, 0.3) is 0 Å². The van der Waals surface area contributed by atoms with E-state index in [4.69, 9.17) is 4.52 Å². The predicted molar refractivity (Wildman–Crippen MR) is 70.8 cm³/mol. The molecule has 0 saturated carbocycles. The molecule has 0 aromatic carbocycles. The van der Waals surface area contributed by atoms with Gasteiger partial charge in [-0.2, -0.15) is 0 Å². The first-order valence-electron chi connectivity index (χ1n) is 5.97. The van der Waals surface area contributed by atoms with Gasteiger partial charge in [-0.1, -0.05) is 5.16 Å². The van der Waals surface area contributed by atoms with Gasteiger partial charge in [0.2, 0.25) is 5.91 Å². The summed E-state index contributed by atoms with van der Waals surface area (Å²) in [5.74, 6) is 1.07. The molecule has 102 valence electrons. The van der Waals surface area contributed by atoms with Crippen molar-refractivity contribution in [2.45, 2.75) is 27.3 Å². The number of hydrogen-bond donors (Lipinski definition) is 0. The van der Waals surface area contributed by atoms with Crippen LogP contribution in [0, 0.1) is 13.8 Å². The molecule has 1 aromatic heterocycles. The Labute approximate surface area is 114 Å². The quantitative estimate of drug-likeness (QED) is 0.817. The molecular formula is C12H20ClN3O2. The Morgan fingerprint density at radius 2 is 1.89 bits per heavy atom. The van der Waals surface area contributed by atoms with E-state index in [-0.39, 0.29) is 18.3 Å². The summed E-state index contributed by atoms with van der Waals surface area (Å²) in [5, 5.41) is 3.96. The maximum absolute atomic E-state index is 11.2. The second-order valence-corrected chi connectivity index (χ2v) is 4.58. The number of aryl methyl sites for hydroxylation is 2. The molecule has 1 aromatic rings. The molecule has 6 heteroatoms. The summed E-state index contributed by atoms with van der Waals surface area (Å²) in [6, 6.07) is 0. The largest absolute Gasteiger partial charge is 0.361 e. The van der Waals surface area contributed by atoms with Crippen LogP contribution in [0.5, 0.6) is 0 Å². The third-order valence-corrected chi connectivity index (χ3v) is 3.38. The van der Waals surface area contributed by atoms with Gasteiger partial charge in [0.05, 0.1) is 5.69 Å². The van der Waals surface area contributed by atoms with Crippen molar-refractivity contribution in [3.05, 3.63) is 17.0 Å². The van der Waals surface area contributed by atoms with Crippen LogP contribution in [0.3, 0.4) is 0 Å². The van der Waals surface area contributed by atoms with E-state index in [0.29, 0.717) is 0 Å². The van der Waals surface area contributed by atoms with E-state index in [0.717, 1.165) is 44.2 Å². The highest BCUT2D eigenvalue weighted by Gasteiger charge is 2.20. The molecule has 5 nitrogen and oxygen atoms in total. The van der Waals surface area contributed by atoms with Gasteiger partial charge in [-0.15, -0.1) is 12.4 Å². The fourth-order valence-corrected chi connectivity index (χ4v) is 2.17. The molecule has 0 aliphatic carbocycles. The van der Waals surface area contributed by atoms with Crippen LogP contribution in [0.4, 0.5) is 0 Å². The van der Waals surface area contributed by atoms with Crippen LogP contribution in [0.15, 0.2) is 4.52 Å². The summed E-state index contributed by atoms with van der Waals surface area (Å²) in [6.07, 6.45) is 0. The van der Waals surface area contributed by atoms with Crippen LogP contribution < -0.4 is 0 Å². The van der Waals surface area contributed by atoms with Gasteiger partial charge in [-0.25, -0.2) is 0 Å². The number of carbonyl (C=O) groups excluding carboxylic acids is 1. The number of piperazine rings is 1. The SMILES string of the molecule is CC(=O)N1CCN(Cc2c(C)noc2C)CC1.Cl. The molecule has 0 N–H and O–H groups in total. The Morgan fingerprint density at radius 3 is 2.33 bits per heavy atom. The Hall–Kier alpha value is -1.07. The van der Waals surface area contributed by atoms with Crippen molar-refractivity contribution in [3.63, 3.8) is 0 Å². The molecule has 1 amide bonds. The lowest BCUT2D eigenvalue weighted by Crippen LogP contribution is -2.47. The summed E-state index contributed by atoms with van der Waals surface area (Å²) < 4.78 is 5.15. The maximum Gasteiger partial charge on any atom is 0.219 e. The summed E-state index contributed by atoms with van der Waals surface area (Å²) >= 11 is 0. The fourth-order valence-electron chi connectivity index (χ4n) is 2.17. The Bertz CT molecular complexity index is 392. The van der Waals surface area contributed by atoms with E-state index in [9.17, 15) is 4.79 Å². The number of halogens is 1. The van der Waals surface area contributed by atoms with Crippen LogP contribution >= 0.6 is 12.4 Å². The van der Waals surface area contributed by atoms with Gasteiger partial charge in [0.15, 0.2) is 0 Å². The van der Waals surface area contributed by atoms with Crippen molar-refractivity contribution >= 4 is 18.3 Å². The van der Waals surface area contributed by atoms with Crippen molar-refractivity contribution in [2.24, 2.45) is 0 Å². The topological polar surface area (TPSA) is 49.6 Å². The van der Waals surface area contributed by atoms with E-state index >= 15 is 0 Å². The third-order valence-electron chi connectivity index (χ3n) is 3.38. The van der Waals surface area contributed by atoms with Crippen LogP contribution in [-0.4, -0.2) is 47.0 Å². The van der Waals surface area contributed by atoms with Crippen molar-refractivity contribution in [3.8, 4) is 0 Å². The van der Waals surface area contributed by atoms with Crippen molar-refractivity contribution < 1.29 is 9.32 Å². The summed E-state index contributed by atoms with van der Waals surface area (Å²) in [7, 11) is 0. The lowest BCUT2D eigenvalue weighted by atomic mass is 10.2. The molecule has 0 unspecified atom stereocenters. The maximum atomic E-state index is 11.2. The average molecular weight is 274 g/mol. The zero-order valence-corrected chi connectivity index (χ0v) is 11.9. The normalized spacial score (nSPS) is 16.5. The van der Waals surface area contributed by atoms with Crippen molar-refractivity contribution in [1.29, 1.82) is 0 Å². The molecular weight excluding hydrogens is 254 g/mol. The van der Waals surface area contributed by atoms with E-state index in [1.807, 2.05) is 18.7 Å². The molecule has 1 fully saturated rings. The Morgan fingerprint density at radius 1 is 1.28 bits per heavy atom. The molecule has 1 aliphatic rings. The molecule has 0 radical (unpaired) electrons. The molecule has 1 saturated heterocycles. The first kappa shape index (κ1) is 15.0. The first-order valence-corrected chi connectivity index (χ1v) is 5.97. The fraction of sp³-hybridized carbons (Fsp3) is 0.667. The Balaban J connectivity index is 0.00000162. The highest BCUT2D eigenvalue weighted by molar-refractivity contribution is 5.85. The summed E-state index contributed by atoms with van der Waals surface area (Å²) in [6.45, 7) is 9.89. The molecule has 0 atom stereocenters. The van der Waals surface area contributed by atoms with Crippen LogP contribution in [-0.2, 0) is 11.3 Å². The number of hydrogen-bond acceptors (Lipinski definition) is 4. The van der Waals surface area contributed by atoms with E-state index < -0.39 is 0 Å². The van der Waals surface area contributed by atoms with Gasteiger partial charge in [-0.3, -0.25) is 9.69 Å². The molecule has 0 bridgehead atoms. The predicted octanol–water partition coefficient (Wildman–Crippen LogP) is 1.38. The number of aromatic nitrogens is 1. The van der Waals surface area contributed by atoms with E-state index in [1.54, 1.807) is 6.92 Å². The van der Waals surface area contributed by atoms with E-state index in [2.05, 4.69) is 10.1 Å². The average Bonchev–Trinajstić information content (AvgIpc) is 2.61. The minimum atomic E-state index is 0. The minimum absolute atomic E-state index is 0. The second-order valence-electron chi connectivity index (χ2n) is 4.58. The second kappa shape index (κ2) is 6.20. The lowest BCUT2D eigenvalue weighted by Gasteiger charge is -2.34. The molecule has 2 rings (SSSR count). The van der Waals surface area contributed by atoms with Crippen molar-refractivity contribution in [2.75, 3.05) is 26.2 Å². The van der Waals surface area contributed by atoms with Gasteiger partial charge in [0.1, 0.15) is 5.76 Å². The number of amides is 1. The number of carbonyl (C=O) groups is 1. The molecule has 18 heavy (non-hydrogen) atoms. The van der Waals surface area contributed by atoms with Crippen LogP contribution in [0.2, 0.25) is 0 Å². The molecule has 1 aliphatic heterocycles. The zero-order chi connectivity index (χ0) is 12.4. The smallest absolute Gasteiger partial charge is 0.219 e. The number of rotatable bonds is 2. The third kappa shape index (κ3) is 3.23. The highest BCUT2D eigenvalue weighted by atomic mass is 35.5. The van der Waals surface area contributed by atoms with Gasteiger partial charge >= 0.3 is 0 Å². The van der Waals surface area contributed by atoms with Gasteiger partial charge in [0.25, 0.3) is 0 Å². The van der Waals surface area contributed by atoms with E-state index in [1.165, 1.54) is 5.56 Å². The Kier molecular flexibility index (Phi) is 5.16. The molecule has 2 heterocycles. The summed E-state index contributed by atoms with van der Waals surface area (Å²) in [4.78, 5) is 15.4. The van der Waals surface area contributed by atoms with Gasteiger partial charge in [-0.05, 0) is 13.8 Å². The standard InChI is InChI=1S/C12H19N3O2.ClH/c1-9-12(10(2)17-13-9)8-14-4-6-15(7-5-14)11(3)16;/h4-8H2,1-3H3;1H. The van der Waals surface area contributed by atoms with Gasteiger partial charge in [0, 0.05) is 45.2 Å². The highest BCUT2D eigenvalue weighted by Crippen LogP contribution is 2.16. The lowest BCUT2D eigenvalue weighted by molar-refractivity contribution is -0.130. The van der Waals surface area contributed by atoms with Gasteiger partial charge < -0.3 is 9.42 Å². The zero-order valence-electron chi connectivity index (χ0n) is 11.1. The van der Waals surface area contributed by atoms with Crippen LogP contribution in [0.1, 0.15) is 23.9 Å². The monoisotopic (exact) mass is 273 g/mol.